The van der Waals surface area contributed by atoms with Gasteiger partial charge in [-0.15, -0.1) is 0 Å². The highest BCUT2D eigenvalue weighted by atomic mass is 16.6. The molecule has 1 saturated heterocycles. The number of carbonyl (C=O) groups excluding carboxylic acids is 2. The summed E-state index contributed by atoms with van der Waals surface area (Å²) in [5, 5.41) is 6.06. The van der Waals surface area contributed by atoms with Crippen molar-refractivity contribution in [3.8, 4) is 0 Å². The Morgan fingerprint density at radius 1 is 1.13 bits per heavy atom. The summed E-state index contributed by atoms with van der Waals surface area (Å²) in [7, 11) is 0. The zero-order valence-corrected chi connectivity index (χ0v) is 17.5. The van der Waals surface area contributed by atoms with E-state index in [-0.39, 0.29) is 11.3 Å². The lowest BCUT2D eigenvalue weighted by atomic mass is 10.0. The number of hydrogen-bond acceptors (Lipinski definition) is 6. The highest BCUT2D eigenvalue weighted by Gasteiger charge is 2.56. The molecule has 1 atom stereocenters. The first-order valence-corrected chi connectivity index (χ1v) is 10.2. The molecule has 2 N–H and O–H groups in total. The summed E-state index contributed by atoms with van der Waals surface area (Å²) >= 11 is 0. The lowest BCUT2D eigenvalue weighted by Gasteiger charge is -2.28. The van der Waals surface area contributed by atoms with Crippen LogP contribution in [-0.2, 0) is 9.53 Å². The minimum Gasteiger partial charge on any atom is -0.444 e. The first-order valence-electron chi connectivity index (χ1n) is 10.2. The lowest BCUT2D eigenvalue weighted by molar-refractivity contribution is -0.120. The molecule has 1 aliphatic heterocycles. The highest BCUT2D eigenvalue weighted by molar-refractivity contribution is 5.97. The molecular formula is C22H27N5O3. The van der Waals surface area contributed by atoms with Crippen LogP contribution in [0.25, 0.3) is 0 Å². The Bertz CT molecular complexity index is 937. The first-order chi connectivity index (χ1) is 14.2. The number of amides is 2. The molecule has 8 heteroatoms. The molecule has 1 aliphatic carbocycles. The zero-order valence-electron chi connectivity index (χ0n) is 17.5. The van der Waals surface area contributed by atoms with Crippen LogP contribution in [0.2, 0.25) is 0 Å². The Labute approximate surface area is 176 Å². The molecule has 1 aromatic heterocycles. The molecule has 2 aliphatic rings. The van der Waals surface area contributed by atoms with Crippen molar-refractivity contribution in [2.45, 2.75) is 51.7 Å². The van der Waals surface area contributed by atoms with Crippen LogP contribution in [0.15, 0.2) is 42.7 Å². The van der Waals surface area contributed by atoms with Crippen LogP contribution in [0.3, 0.4) is 0 Å². The maximum absolute atomic E-state index is 13.1. The number of nitrogens with zero attached hydrogens (tertiary/aromatic N) is 3. The molecule has 1 saturated carbocycles. The maximum atomic E-state index is 13.1. The molecule has 0 radical (unpaired) electrons. The monoisotopic (exact) mass is 409 g/mol. The molecule has 0 bridgehead atoms. The van der Waals surface area contributed by atoms with E-state index in [2.05, 4.69) is 20.6 Å². The molecular weight excluding hydrogens is 382 g/mol. The topological polar surface area (TPSA) is 96.5 Å². The van der Waals surface area contributed by atoms with Gasteiger partial charge in [-0.1, -0.05) is 6.07 Å². The Morgan fingerprint density at radius 2 is 1.83 bits per heavy atom. The van der Waals surface area contributed by atoms with Gasteiger partial charge in [0.15, 0.2) is 0 Å². The predicted molar refractivity (Wildman–Crippen MR) is 113 cm³/mol. The van der Waals surface area contributed by atoms with Crippen molar-refractivity contribution in [3.05, 3.63) is 42.7 Å². The van der Waals surface area contributed by atoms with E-state index in [0.717, 1.165) is 18.5 Å². The van der Waals surface area contributed by atoms with Gasteiger partial charge in [-0.2, -0.15) is 0 Å². The largest absolute Gasteiger partial charge is 0.444 e. The number of aromatic nitrogens is 2. The molecule has 2 amide bonds. The van der Waals surface area contributed by atoms with Crippen molar-refractivity contribution < 1.29 is 14.3 Å². The fourth-order valence-electron chi connectivity index (χ4n) is 3.74. The van der Waals surface area contributed by atoms with E-state index in [9.17, 15) is 9.59 Å². The van der Waals surface area contributed by atoms with Gasteiger partial charge in [-0.05, 0) is 69.7 Å². The molecule has 2 fully saturated rings. The van der Waals surface area contributed by atoms with E-state index in [1.54, 1.807) is 23.4 Å². The summed E-state index contributed by atoms with van der Waals surface area (Å²) in [6, 6.07) is 8.54. The SMILES string of the molecule is CC(C)(C)OC(=O)N1CC2(CC2)CC1C(=O)Nc1cccc(Nc2ncccn2)c1. The Morgan fingerprint density at radius 3 is 2.50 bits per heavy atom. The number of anilines is 3. The highest BCUT2D eigenvalue weighted by Crippen LogP contribution is 2.55. The van der Waals surface area contributed by atoms with E-state index in [1.807, 2.05) is 45.0 Å². The number of carbonyl (C=O) groups is 2. The molecule has 4 rings (SSSR count). The second kappa shape index (κ2) is 7.59. The van der Waals surface area contributed by atoms with Gasteiger partial charge in [0.25, 0.3) is 0 Å². The summed E-state index contributed by atoms with van der Waals surface area (Å²) in [4.78, 5) is 35.6. The van der Waals surface area contributed by atoms with E-state index in [1.165, 1.54) is 0 Å². The third-order valence-electron chi connectivity index (χ3n) is 5.35. The lowest BCUT2D eigenvalue weighted by Crippen LogP contribution is -2.45. The van der Waals surface area contributed by atoms with Crippen LogP contribution >= 0.6 is 0 Å². The minimum absolute atomic E-state index is 0.0764. The molecule has 30 heavy (non-hydrogen) atoms. The first kappa shape index (κ1) is 20.1. The second-order valence-electron chi connectivity index (χ2n) is 9.10. The smallest absolute Gasteiger partial charge is 0.410 e. The van der Waals surface area contributed by atoms with E-state index in [0.29, 0.717) is 24.6 Å². The summed E-state index contributed by atoms with van der Waals surface area (Å²) in [5.74, 6) is 0.279. The minimum atomic E-state index is -0.600. The summed E-state index contributed by atoms with van der Waals surface area (Å²) < 4.78 is 5.54. The van der Waals surface area contributed by atoms with Crippen LogP contribution in [-0.4, -0.2) is 45.1 Å². The van der Waals surface area contributed by atoms with Crippen LogP contribution in [0.4, 0.5) is 22.1 Å². The standard InChI is InChI=1S/C22H27N5O3/c1-21(2,3)30-20(29)27-14-22(8-9-22)13-17(27)18(28)25-15-6-4-7-16(12-15)26-19-23-10-5-11-24-19/h4-7,10-12,17H,8-9,13-14H2,1-3H3,(H,25,28)(H,23,24,26). The fraction of sp³-hybridized carbons (Fsp3) is 0.455. The van der Waals surface area contributed by atoms with Gasteiger partial charge in [0.05, 0.1) is 0 Å². The zero-order chi connectivity index (χ0) is 21.4. The quantitative estimate of drug-likeness (QED) is 0.794. The number of nitrogens with one attached hydrogen (secondary N) is 2. The molecule has 2 heterocycles. The molecule has 8 nitrogen and oxygen atoms in total. The third-order valence-corrected chi connectivity index (χ3v) is 5.35. The van der Waals surface area contributed by atoms with Crippen molar-refractivity contribution in [2.75, 3.05) is 17.2 Å². The van der Waals surface area contributed by atoms with E-state index < -0.39 is 17.7 Å². The van der Waals surface area contributed by atoms with Crippen LogP contribution in [0.1, 0.15) is 40.0 Å². The van der Waals surface area contributed by atoms with Crippen molar-refractivity contribution in [1.82, 2.24) is 14.9 Å². The fourth-order valence-corrected chi connectivity index (χ4v) is 3.74. The molecule has 1 spiro atoms. The third kappa shape index (κ3) is 4.69. The van der Waals surface area contributed by atoms with Gasteiger partial charge < -0.3 is 15.4 Å². The van der Waals surface area contributed by atoms with Crippen LogP contribution < -0.4 is 10.6 Å². The Hall–Kier alpha value is -3.16. The summed E-state index contributed by atoms with van der Waals surface area (Å²) in [5.41, 5.74) is 0.874. The normalized spacial score (nSPS) is 19.4. The molecule has 2 aromatic rings. The van der Waals surface area contributed by atoms with Gasteiger partial charge in [-0.25, -0.2) is 14.8 Å². The van der Waals surface area contributed by atoms with Crippen molar-refractivity contribution in [3.63, 3.8) is 0 Å². The second-order valence-corrected chi connectivity index (χ2v) is 9.10. The Balaban J connectivity index is 1.46. The van der Waals surface area contributed by atoms with E-state index in [4.69, 9.17) is 4.74 Å². The van der Waals surface area contributed by atoms with Crippen LogP contribution in [0.5, 0.6) is 0 Å². The Kier molecular flexibility index (Phi) is 5.09. The van der Waals surface area contributed by atoms with Crippen molar-refractivity contribution in [1.29, 1.82) is 0 Å². The average Bonchev–Trinajstić information content (AvgIpc) is 3.31. The number of likely N-dealkylation sites (tertiary alicyclic amines) is 1. The number of rotatable bonds is 4. The molecule has 1 unspecified atom stereocenters. The van der Waals surface area contributed by atoms with Gasteiger partial charge in [0, 0.05) is 30.3 Å². The van der Waals surface area contributed by atoms with E-state index >= 15 is 0 Å². The van der Waals surface area contributed by atoms with Crippen molar-refractivity contribution >= 4 is 29.3 Å². The molecule has 1 aromatic carbocycles. The van der Waals surface area contributed by atoms with Gasteiger partial charge in [0.2, 0.25) is 11.9 Å². The maximum Gasteiger partial charge on any atom is 0.410 e. The number of hydrogen-bond donors (Lipinski definition) is 2. The predicted octanol–water partition coefficient (Wildman–Crippen LogP) is 3.95. The van der Waals surface area contributed by atoms with Crippen molar-refractivity contribution in [2.24, 2.45) is 5.41 Å². The van der Waals surface area contributed by atoms with Gasteiger partial charge in [0.1, 0.15) is 11.6 Å². The van der Waals surface area contributed by atoms with Gasteiger partial charge >= 0.3 is 6.09 Å². The molecule has 158 valence electrons. The van der Waals surface area contributed by atoms with Gasteiger partial charge in [-0.3, -0.25) is 9.69 Å². The average molecular weight is 409 g/mol. The summed E-state index contributed by atoms with van der Waals surface area (Å²) in [6.45, 7) is 6.07. The number of ether oxygens (including phenoxy) is 1. The van der Waals surface area contributed by atoms with Crippen LogP contribution in [0, 0.1) is 5.41 Å². The summed E-state index contributed by atoms with van der Waals surface area (Å²) in [6.07, 6.45) is 5.65. The number of benzene rings is 1.